The third-order valence-electron chi connectivity index (χ3n) is 4.13. The van der Waals surface area contributed by atoms with Gasteiger partial charge in [0, 0.05) is 5.69 Å². The van der Waals surface area contributed by atoms with Gasteiger partial charge in [0.15, 0.2) is 5.82 Å². The van der Waals surface area contributed by atoms with Gasteiger partial charge < -0.3 is 5.32 Å². The molecule has 2 aromatic carbocycles. The van der Waals surface area contributed by atoms with Crippen molar-refractivity contribution in [1.82, 2.24) is 20.6 Å². The quantitative estimate of drug-likeness (QED) is 0.715. The predicted molar refractivity (Wildman–Crippen MR) is 91.9 cm³/mol. The maximum atomic E-state index is 12.9. The van der Waals surface area contributed by atoms with Crippen LogP contribution in [0.3, 0.4) is 0 Å². The van der Waals surface area contributed by atoms with Crippen LogP contribution >= 0.6 is 0 Å². The average Bonchev–Trinajstić information content (AvgIpc) is 3.14. The molecule has 0 fully saturated rings. The van der Waals surface area contributed by atoms with Crippen molar-refractivity contribution < 1.29 is 18.0 Å². The van der Waals surface area contributed by atoms with E-state index in [9.17, 15) is 18.0 Å². The summed E-state index contributed by atoms with van der Waals surface area (Å²) in [6.07, 6.45) is -4.20. The van der Waals surface area contributed by atoms with Crippen LogP contribution in [-0.4, -0.2) is 26.5 Å². The van der Waals surface area contributed by atoms with Gasteiger partial charge in [-0.05, 0) is 42.7 Å². The summed E-state index contributed by atoms with van der Waals surface area (Å²) in [5, 5.41) is 16.0. The molecule has 9 heteroatoms. The normalized spacial score (nSPS) is 12.6. The number of tetrazole rings is 1. The number of hydrogen-bond donors (Lipinski definition) is 2. The molecule has 1 amide bonds. The van der Waals surface area contributed by atoms with E-state index >= 15 is 0 Å². The lowest BCUT2D eigenvalue weighted by Crippen LogP contribution is -2.24. The van der Waals surface area contributed by atoms with Crippen molar-refractivity contribution in [3.05, 3.63) is 71.0 Å². The highest BCUT2D eigenvalue weighted by Crippen LogP contribution is 2.31. The van der Waals surface area contributed by atoms with Gasteiger partial charge in [-0.3, -0.25) is 4.79 Å². The molecule has 140 valence electrons. The molecule has 1 atom stereocenters. The Labute approximate surface area is 152 Å². The number of H-pyrrole nitrogens is 1. The number of nitrogens with zero attached hydrogens (tertiary/aromatic N) is 3. The maximum Gasteiger partial charge on any atom is 0.416 e. The molecule has 1 heterocycles. The number of alkyl halides is 3. The number of benzene rings is 2. The number of anilines is 1. The van der Waals surface area contributed by atoms with Crippen molar-refractivity contribution >= 4 is 11.6 Å². The first-order valence-corrected chi connectivity index (χ1v) is 8.10. The van der Waals surface area contributed by atoms with E-state index in [1.54, 1.807) is 0 Å². The molecule has 0 bridgehead atoms. The van der Waals surface area contributed by atoms with Crippen LogP contribution < -0.4 is 5.32 Å². The number of nitrogens with one attached hydrogen (secondary N) is 2. The smallest absolute Gasteiger partial charge is 0.325 e. The molecule has 0 spiro atoms. The van der Waals surface area contributed by atoms with Crippen LogP contribution in [0.2, 0.25) is 0 Å². The minimum atomic E-state index is -4.49. The molecule has 0 radical (unpaired) electrons. The number of amides is 1. The summed E-state index contributed by atoms with van der Waals surface area (Å²) >= 11 is 0. The van der Waals surface area contributed by atoms with E-state index in [1.807, 2.05) is 31.2 Å². The van der Waals surface area contributed by atoms with Gasteiger partial charge in [0.25, 0.3) is 0 Å². The largest absolute Gasteiger partial charge is 0.416 e. The molecule has 0 aliphatic carbocycles. The van der Waals surface area contributed by atoms with Crippen molar-refractivity contribution in [2.45, 2.75) is 25.4 Å². The summed E-state index contributed by atoms with van der Waals surface area (Å²) in [5.74, 6) is -1.15. The fourth-order valence-corrected chi connectivity index (χ4v) is 2.68. The standard InChI is InChI=1S/C18H16F3N5O/c1-11-5-2-3-6-12(11)9-15(16-23-25-26-24-16)17(27)22-14-8-4-7-13(10-14)18(19,20)21/h2-8,10,15H,9H2,1H3,(H,22,27)(H,23,24,25,26). The van der Waals surface area contributed by atoms with E-state index in [-0.39, 0.29) is 17.9 Å². The van der Waals surface area contributed by atoms with E-state index in [1.165, 1.54) is 12.1 Å². The summed E-state index contributed by atoms with van der Waals surface area (Å²) in [6, 6.07) is 12.0. The van der Waals surface area contributed by atoms with Crippen LogP contribution in [0.5, 0.6) is 0 Å². The zero-order chi connectivity index (χ0) is 19.4. The van der Waals surface area contributed by atoms with Crippen molar-refractivity contribution in [2.24, 2.45) is 0 Å². The molecule has 2 N–H and O–H groups in total. The lowest BCUT2D eigenvalue weighted by molar-refractivity contribution is -0.137. The number of carbonyl (C=O) groups is 1. The lowest BCUT2D eigenvalue weighted by Gasteiger charge is -2.16. The maximum absolute atomic E-state index is 12.9. The Morgan fingerprint density at radius 3 is 2.63 bits per heavy atom. The zero-order valence-corrected chi connectivity index (χ0v) is 14.3. The second-order valence-corrected chi connectivity index (χ2v) is 6.02. The van der Waals surface area contributed by atoms with Gasteiger partial charge in [-0.25, -0.2) is 0 Å². The summed E-state index contributed by atoms with van der Waals surface area (Å²) in [6.45, 7) is 1.91. The van der Waals surface area contributed by atoms with Crippen LogP contribution in [0.4, 0.5) is 18.9 Å². The molecule has 3 aromatic rings. The summed E-state index contributed by atoms with van der Waals surface area (Å²) in [5.41, 5.74) is 1.10. The number of carbonyl (C=O) groups excluding carboxylic acids is 1. The number of aromatic amines is 1. The molecule has 0 aliphatic rings. The Balaban J connectivity index is 1.85. The van der Waals surface area contributed by atoms with Crippen LogP contribution in [-0.2, 0) is 17.4 Å². The van der Waals surface area contributed by atoms with E-state index < -0.39 is 23.6 Å². The number of hydrogen-bond acceptors (Lipinski definition) is 4. The topological polar surface area (TPSA) is 83.6 Å². The molecule has 0 aliphatic heterocycles. The zero-order valence-electron chi connectivity index (χ0n) is 14.3. The monoisotopic (exact) mass is 375 g/mol. The second-order valence-electron chi connectivity index (χ2n) is 6.02. The van der Waals surface area contributed by atoms with Gasteiger partial charge >= 0.3 is 6.18 Å². The molecular weight excluding hydrogens is 359 g/mol. The Bertz CT molecular complexity index is 925. The van der Waals surface area contributed by atoms with Crippen LogP contribution in [0.1, 0.15) is 28.4 Å². The molecule has 0 saturated heterocycles. The third kappa shape index (κ3) is 4.49. The molecule has 27 heavy (non-hydrogen) atoms. The number of aryl methyl sites for hydroxylation is 1. The molecule has 0 saturated carbocycles. The number of aromatic nitrogens is 4. The first-order chi connectivity index (χ1) is 12.8. The number of halogens is 3. The van der Waals surface area contributed by atoms with Gasteiger partial charge in [0.2, 0.25) is 5.91 Å². The van der Waals surface area contributed by atoms with Gasteiger partial charge in [-0.2, -0.15) is 18.4 Å². The first kappa shape index (κ1) is 18.6. The molecule has 1 unspecified atom stereocenters. The molecular formula is C18H16F3N5O. The number of rotatable bonds is 5. The second kappa shape index (κ2) is 7.56. The molecule has 1 aromatic heterocycles. The third-order valence-corrected chi connectivity index (χ3v) is 4.13. The van der Waals surface area contributed by atoms with Crippen LogP contribution in [0.15, 0.2) is 48.5 Å². The van der Waals surface area contributed by atoms with E-state index in [0.717, 1.165) is 23.3 Å². The predicted octanol–water partition coefficient (Wildman–Crippen LogP) is 3.49. The lowest BCUT2D eigenvalue weighted by atomic mass is 9.94. The highest BCUT2D eigenvalue weighted by molar-refractivity contribution is 5.95. The highest BCUT2D eigenvalue weighted by Gasteiger charge is 2.31. The van der Waals surface area contributed by atoms with Crippen LogP contribution in [0.25, 0.3) is 0 Å². The highest BCUT2D eigenvalue weighted by atomic mass is 19.4. The SMILES string of the molecule is Cc1ccccc1CC(C(=O)Nc1cccc(C(F)(F)F)c1)c1nn[nH]n1. The van der Waals surface area contributed by atoms with Gasteiger partial charge in [0.05, 0.1) is 5.56 Å². The summed E-state index contributed by atoms with van der Waals surface area (Å²) in [4.78, 5) is 12.8. The van der Waals surface area contributed by atoms with Crippen LogP contribution in [0, 0.1) is 6.92 Å². The minimum absolute atomic E-state index is 0.0492. The Kier molecular flexibility index (Phi) is 5.20. The van der Waals surface area contributed by atoms with Crippen molar-refractivity contribution in [2.75, 3.05) is 5.32 Å². The van der Waals surface area contributed by atoms with E-state index in [2.05, 4.69) is 25.9 Å². The average molecular weight is 375 g/mol. The van der Waals surface area contributed by atoms with Gasteiger partial charge in [-0.1, -0.05) is 35.5 Å². The fraction of sp³-hybridized carbons (Fsp3) is 0.222. The van der Waals surface area contributed by atoms with Crippen molar-refractivity contribution in [3.63, 3.8) is 0 Å². The fourth-order valence-electron chi connectivity index (χ4n) is 2.68. The Morgan fingerprint density at radius 2 is 1.96 bits per heavy atom. The Hall–Kier alpha value is -3.23. The molecule has 6 nitrogen and oxygen atoms in total. The van der Waals surface area contributed by atoms with Crippen molar-refractivity contribution in [3.8, 4) is 0 Å². The Morgan fingerprint density at radius 1 is 1.19 bits per heavy atom. The van der Waals surface area contributed by atoms with Crippen molar-refractivity contribution in [1.29, 1.82) is 0 Å². The van der Waals surface area contributed by atoms with E-state index in [4.69, 9.17) is 0 Å². The van der Waals surface area contributed by atoms with E-state index in [0.29, 0.717) is 0 Å². The van der Waals surface area contributed by atoms with Gasteiger partial charge in [-0.15, -0.1) is 10.2 Å². The minimum Gasteiger partial charge on any atom is -0.325 e. The summed E-state index contributed by atoms with van der Waals surface area (Å²) < 4.78 is 38.6. The first-order valence-electron chi connectivity index (χ1n) is 8.10. The van der Waals surface area contributed by atoms with Gasteiger partial charge in [0.1, 0.15) is 5.92 Å². The molecule has 3 rings (SSSR count). The summed E-state index contributed by atoms with van der Waals surface area (Å²) in [7, 11) is 0.